The summed E-state index contributed by atoms with van der Waals surface area (Å²) in [6.07, 6.45) is 0.101. The third-order valence-electron chi connectivity index (χ3n) is 2.12. The maximum absolute atomic E-state index is 11.7. The van der Waals surface area contributed by atoms with Gasteiger partial charge in [0.1, 0.15) is 5.75 Å². The van der Waals surface area contributed by atoms with Gasteiger partial charge in [-0.1, -0.05) is 18.2 Å². The first-order valence-corrected chi connectivity index (χ1v) is 5.54. The van der Waals surface area contributed by atoms with Crippen molar-refractivity contribution in [1.82, 2.24) is 5.01 Å². The fourth-order valence-corrected chi connectivity index (χ4v) is 1.42. The summed E-state index contributed by atoms with van der Waals surface area (Å²) in [5.74, 6) is 5.70. The van der Waals surface area contributed by atoms with Gasteiger partial charge in [0.2, 0.25) is 5.91 Å². The lowest BCUT2D eigenvalue weighted by Gasteiger charge is -2.15. The number of amides is 1. The van der Waals surface area contributed by atoms with Crippen molar-refractivity contribution in [3.8, 4) is 5.75 Å². The van der Waals surface area contributed by atoms with Gasteiger partial charge in [0.15, 0.2) is 5.11 Å². The van der Waals surface area contributed by atoms with Crippen LogP contribution in [0.3, 0.4) is 0 Å². The molecule has 5 nitrogen and oxygen atoms in total. The summed E-state index contributed by atoms with van der Waals surface area (Å²) >= 11 is 4.62. The van der Waals surface area contributed by atoms with Crippen LogP contribution in [-0.4, -0.2) is 22.6 Å². The summed E-state index contributed by atoms with van der Waals surface area (Å²) in [6, 6.07) is 7.27. The number of hydrogen-bond acceptors (Lipinski definition) is 4. The molecule has 1 amide bonds. The number of nitrogens with two attached hydrogens (primary N) is 2. The Labute approximate surface area is 105 Å². The van der Waals surface area contributed by atoms with Crippen molar-refractivity contribution in [2.24, 2.45) is 11.6 Å². The molecule has 0 fully saturated rings. The van der Waals surface area contributed by atoms with E-state index in [4.69, 9.17) is 16.3 Å². The second-order valence-corrected chi connectivity index (χ2v) is 3.74. The number of para-hydroxylation sites is 1. The second-order valence-electron chi connectivity index (χ2n) is 3.32. The lowest BCUT2D eigenvalue weighted by Crippen LogP contribution is -2.46. The van der Waals surface area contributed by atoms with E-state index in [1.807, 2.05) is 19.1 Å². The normalized spacial score (nSPS) is 9.76. The molecule has 1 aromatic rings. The van der Waals surface area contributed by atoms with E-state index in [1.54, 1.807) is 12.1 Å². The molecule has 0 unspecified atom stereocenters. The van der Waals surface area contributed by atoms with Gasteiger partial charge in [-0.15, -0.1) is 0 Å². The number of carbonyl (C=O) groups is 1. The molecule has 0 aliphatic heterocycles. The number of ether oxygens (including phenoxy) is 1. The van der Waals surface area contributed by atoms with Crippen LogP contribution in [0.15, 0.2) is 24.3 Å². The fraction of sp³-hybridized carbons (Fsp3) is 0.273. The highest BCUT2D eigenvalue weighted by Crippen LogP contribution is 2.18. The summed E-state index contributed by atoms with van der Waals surface area (Å²) in [5, 5.41) is 0.613. The Kier molecular flexibility index (Phi) is 4.86. The first-order valence-electron chi connectivity index (χ1n) is 5.14. The zero-order valence-corrected chi connectivity index (χ0v) is 10.4. The summed E-state index contributed by atoms with van der Waals surface area (Å²) in [7, 11) is 0. The van der Waals surface area contributed by atoms with Crippen molar-refractivity contribution in [3.63, 3.8) is 0 Å². The van der Waals surface area contributed by atoms with Crippen molar-refractivity contribution >= 4 is 23.2 Å². The fourth-order valence-electron chi connectivity index (χ4n) is 1.32. The van der Waals surface area contributed by atoms with Crippen molar-refractivity contribution in [2.75, 3.05) is 6.61 Å². The Hall–Kier alpha value is -1.66. The van der Waals surface area contributed by atoms with Crippen LogP contribution in [0, 0.1) is 0 Å². The van der Waals surface area contributed by atoms with Crippen molar-refractivity contribution in [2.45, 2.75) is 13.3 Å². The molecular weight excluding hydrogens is 238 g/mol. The average Bonchev–Trinajstić information content (AvgIpc) is 2.30. The van der Waals surface area contributed by atoms with Crippen molar-refractivity contribution in [3.05, 3.63) is 29.8 Å². The maximum Gasteiger partial charge on any atom is 0.247 e. The average molecular weight is 253 g/mol. The van der Waals surface area contributed by atoms with Gasteiger partial charge in [-0.25, -0.2) is 10.9 Å². The number of thiocarbonyl (C=S) groups is 1. The van der Waals surface area contributed by atoms with Crippen LogP contribution in [0.1, 0.15) is 12.5 Å². The van der Waals surface area contributed by atoms with Gasteiger partial charge in [-0.05, 0) is 25.2 Å². The molecule has 92 valence electrons. The van der Waals surface area contributed by atoms with E-state index in [9.17, 15) is 4.79 Å². The summed E-state index contributed by atoms with van der Waals surface area (Å²) in [4.78, 5) is 11.7. The minimum absolute atomic E-state index is 0.101. The highest BCUT2D eigenvalue weighted by Gasteiger charge is 2.14. The van der Waals surface area contributed by atoms with Gasteiger partial charge < -0.3 is 10.5 Å². The lowest BCUT2D eigenvalue weighted by molar-refractivity contribution is -0.126. The molecule has 0 heterocycles. The van der Waals surface area contributed by atoms with Crippen LogP contribution in [0.25, 0.3) is 0 Å². The zero-order chi connectivity index (χ0) is 12.8. The molecule has 1 rings (SSSR count). The summed E-state index contributed by atoms with van der Waals surface area (Å²) in [5.41, 5.74) is 6.02. The Bertz CT molecular complexity index is 423. The smallest absolute Gasteiger partial charge is 0.247 e. The number of carbonyl (C=O) groups excluding carboxylic acids is 1. The summed E-state index contributed by atoms with van der Waals surface area (Å²) in [6.45, 7) is 2.41. The Balaban J connectivity index is 2.80. The monoisotopic (exact) mass is 253 g/mol. The van der Waals surface area contributed by atoms with Gasteiger partial charge in [0.25, 0.3) is 0 Å². The Morgan fingerprint density at radius 2 is 2.12 bits per heavy atom. The Morgan fingerprint density at radius 1 is 1.47 bits per heavy atom. The van der Waals surface area contributed by atoms with Gasteiger partial charge in [0.05, 0.1) is 13.0 Å². The molecular formula is C11H15N3O2S. The van der Waals surface area contributed by atoms with Crippen molar-refractivity contribution < 1.29 is 9.53 Å². The lowest BCUT2D eigenvalue weighted by atomic mass is 10.1. The molecule has 0 radical (unpaired) electrons. The molecule has 1 aromatic carbocycles. The van der Waals surface area contributed by atoms with Crippen LogP contribution in [0.5, 0.6) is 5.75 Å². The van der Waals surface area contributed by atoms with Gasteiger partial charge in [0, 0.05) is 5.56 Å². The molecule has 0 aliphatic rings. The zero-order valence-electron chi connectivity index (χ0n) is 9.55. The van der Waals surface area contributed by atoms with Crippen LogP contribution in [0.2, 0.25) is 0 Å². The molecule has 0 bridgehead atoms. The molecule has 0 aliphatic carbocycles. The largest absolute Gasteiger partial charge is 0.494 e. The van der Waals surface area contributed by atoms with Gasteiger partial charge in [-0.3, -0.25) is 4.79 Å². The van der Waals surface area contributed by atoms with E-state index < -0.39 is 0 Å². The number of hydrazine groups is 1. The third kappa shape index (κ3) is 3.69. The van der Waals surface area contributed by atoms with E-state index in [2.05, 4.69) is 12.2 Å². The third-order valence-corrected chi connectivity index (χ3v) is 2.32. The highest BCUT2D eigenvalue weighted by atomic mass is 32.1. The van der Waals surface area contributed by atoms with Gasteiger partial charge >= 0.3 is 0 Å². The van der Waals surface area contributed by atoms with Crippen LogP contribution < -0.4 is 16.3 Å². The predicted molar refractivity (Wildman–Crippen MR) is 69.1 cm³/mol. The van der Waals surface area contributed by atoms with Crippen LogP contribution in [0.4, 0.5) is 0 Å². The second kappa shape index (κ2) is 6.17. The van der Waals surface area contributed by atoms with E-state index in [0.717, 1.165) is 10.6 Å². The number of rotatable bonds is 4. The number of nitrogens with zero attached hydrogens (tertiary/aromatic N) is 1. The minimum Gasteiger partial charge on any atom is -0.494 e. The molecule has 4 N–H and O–H groups in total. The highest BCUT2D eigenvalue weighted by molar-refractivity contribution is 7.80. The number of hydrogen-bond donors (Lipinski definition) is 2. The van der Waals surface area contributed by atoms with Crippen molar-refractivity contribution in [1.29, 1.82) is 0 Å². The van der Waals surface area contributed by atoms with E-state index in [1.165, 1.54) is 0 Å². The topological polar surface area (TPSA) is 81.6 Å². The SMILES string of the molecule is CCOc1ccccc1CC(=O)N(N)C(N)=S. The molecule has 6 heteroatoms. The molecule has 0 saturated heterocycles. The summed E-state index contributed by atoms with van der Waals surface area (Å²) < 4.78 is 5.40. The quantitative estimate of drug-likeness (QED) is 0.355. The van der Waals surface area contributed by atoms with E-state index in [-0.39, 0.29) is 17.4 Å². The molecule has 0 spiro atoms. The van der Waals surface area contributed by atoms with E-state index in [0.29, 0.717) is 12.4 Å². The standard InChI is InChI=1S/C11H15N3O2S/c1-2-16-9-6-4-3-5-8(9)7-10(15)14(13)11(12)17/h3-6H,2,7,13H2,1H3,(H2,12,17). The van der Waals surface area contributed by atoms with E-state index >= 15 is 0 Å². The van der Waals surface area contributed by atoms with Gasteiger partial charge in [-0.2, -0.15) is 0 Å². The maximum atomic E-state index is 11.7. The molecule has 0 saturated carbocycles. The first kappa shape index (κ1) is 13.4. The molecule has 0 atom stereocenters. The molecule has 0 aromatic heterocycles. The van der Waals surface area contributed by atoms with Crippen LogP contribution in [-0.2, 0) is 11.2 Å². The minimum atomic E-state index is -0.371. The number of benzene rings is 1. The predicted octanol–water partition coefficient (Wildman–Crippen LogP) is 0.574. The Morgan fingerprint density at radius 3 is 2.71 bits per heavy atom. The first-order chi connectivity index (χ1) is 8.06. The van der Waals surface area contributed by atoms with Crippen LogP contribution >= 0.6 is 12.2 Å². The molecule has 17 heavy (non-hydrogen) atoms.